The first-order valence-electron chi connectivity index (χ1n) is 27.5. The van der Waals surface area contributed by atoms with Crippen LogP contribution in [-0.2, 0) is 37.3 Å². The average Bonchev–Trinajstić information content (AvgIpc) is 3.59. The van der Waals surface area contributed by atoms with Gasteiger partial charge in [0.25, 0.3) is 0 Å². The molecule has 4 aromatic heterocycles. The van der Waals surface area contributed by atoms with E-state index < -0.39 is 90.4 Å². The van der Waals surface area contributed by atoms with Crippen LogP contribution in [0, 0.1) is 18.1 Å². The molecule has 265 valence electrons. The molecule has 3 nitrogen and oxygen atoms in total. The average molecular weight is 900 g/mol. The van der Waals surface area contributed by atoms with Crippen molar-refractivity contribution in [3.63, 3.8) is 0 Å². The standard InChI is InChI=1S/C26H29N2S.C18H24NSi.Ir/c1-7-26(6,8-2)17-14-15-27-21(16-17)20-11-9-10-18-19-12-13-22(25(3,4)5)28-24(19)29-23(18)20;1-14(2)11-16-12-17(15-9-7-6-8-10-15)19-13-18(16)20(3,4)5;/h9-10,12-16H,7-8H2,1-6H3;6-9,12-14H,11H2,1-5H3;/q2*-1;/i1D3,2D3,3D3,4D3,5D3,6D3,7D2,8D2;11D2;. The van der Waals surface area contributed by atoms with Gasteiger partial charge in [0, 0.05) is 76.5 Å². The van der Waals surface area contributed by atoms with E-state index >= 15 is 0 Å². The molecule has 0 atom stereocenters. The predicted octanol–water partition coefficient (Wildman–Crippen LogP) is 12.0. The maximum Gasteiger partial charge on any atom is 0.114 e. The SMILES string of the molecule is [2H]C([2H])([2H])C([2H])([2H])C(c1ccnc(-c2[c-]ccc3c2sc2nc(C(C([2H])([2H])[2H])(C([2H])([2H])[2H])C([2H])([2H])[2H])ccc23)c1)(C([2H])([2H])[2H])C([2H])([2H])C([2H])([2H])[2H].[2H]C([2H])(c1cc(-c2[c-]cccc2)ncc1[Si](C)(C)C)C(C)C.[Ir]. The molecule has 6 rings (SSSR count). The number of hydrogen-bond donors (Lipinski definition) is 0. The molecule has 0 saturated carbocycles. The zero-order chi connectivity index (χ0) is 55.9. The van der Waals surface area contributed by atoms with Crippen molar-refractivity contribution < 1.29 is 53.0 Å². The molecule has 50 heavy (non-hydrogen) atoms. The monoisotopic (exact) mass is 900 g/mol. The van der Waals surface area contributed by atoms with Gasteiger partial charge in [0.15, 0.2) is 0 Å². The molecule has 2 aromatic carbocycles. The molecule has 0 aliphatic heterocycles. The molecule has 6 aromatic rings. The van der Waals surface area contributed by atoms with Gasteiger partial charge in [0.2, 0.25) is 0 Å². The van der Waals surface area contributed by atoms with Crippen LogP contribution in [0.15, 0.2) is 79.1 Å². The number of fused-ring (bicyclic) bond motifs is 3. The summed E-state index contributed by atoms with van der Waals surface area (Å²) in [6.45, 7) is -11.8. The molecule has 0 aliphatic carbocycles. The predicted molar refractivity (Wildman–Crippen MR) is 216 cm³/mol. The van der Waals surface area contributed by atoms with Crippen molar-refractivity contribution in [1.82, 2.24) is 15.0 Å². The van der Waals surface area contributed by atoms with E-state index in [9.17, 15) is 0 Å². The van der Waals surface area contributed by atoms with Crippen LogP contribution >= 0.6 is 11.3 Å². The molecule has 6 heteroatoms. The summed E-state index contributed by atoms with van der Waals surface area (Å²) in [4.78, 5) is 13.0. The summed E-state index contributed by atoms with van der Waals surface area (Å²) < 4.78 is 196. The summed E-state index contributed by atoms with van der Waals surface area (Å²) in [5, 5.41) is 1.77. The number of benzene rings is 2. The van der Waals surface area contributed by atoms with E-state index in [1.165, 1.54) is 18.2 Å². The van der Waals surface area contributed by atoms with Crippen LogP contribution in [-0.4, -0.2) is 23.0 Å². The number of rotatable bonds is 8. The third-order valence-corrected chi connectivity index (χ3v) is 10.8. The first kappa shape index (κ1) is 18.1. The maximum atomic E-state index is 8.59. The topological polar surface area (TPSA) is 38.7 Å². The summed E-state index contributed by atoms with van der Waals surface area (Å²) in [5.41, 5.74) is -6.58. The molecule has 0 spiro atoms. The minimum Gasteiger partial charge on any atom is -0.305 e. The van der Waals surface area contributed by atoms with Crippen LogP contribution in [0.4, 0.5) is 0 Å². The summed E-state index contributed by atoms with van der Waals surface area (Å²) in [6, 6.07) is 22.5. The first-order valence-corrected chi connectivity index (χ1v) is 19.8. The molecule has 4 heterocycles. The van der Waals surface area contributed by atoms with Crippen molar-refractivity contribution in [3.05, 3.63) is 108 Å². The quantitative estimate of drug-likeness (QED) is 0.113. The van der Waals surface area contributed by atoms with Crippen LogP contribution in [0.2, 0.25) is 19.6 Å². The van der Waals surface area contributed by atoms with Crippen LogP contribution in [0.3, 0.4) is 0 Å². The fourth-order valence-electron chi connectivity index (χ4n) is 5.18. The summed E-state index contributed by atoms with van der Waals surface area (Å²) in [5.74, 6) is -0.0856. The zero-order valence-electron chi connectivity index (χ0n) is 52.2. The molecular formula is C44H53IrN3SSi-2. The fraction of sp³-hybridized carbons (Fsp3) is 0.386. The van der Waals surface area contributed by atoms with Crippen LogP contribution in [0.25, 0.3) is 42.8 Å². The van der Waals surface area contributed by atoms with E-state index in [2.05, 4.69) is 46.7 Å². The second kappa shape index (κ2) is 16.1. The largest absolute Gasteiger partial charge is 0.305 e. The summed E-state index contributed by atoms with van der Waals surface area (Å²) >= 11 is 0.811. The minimum atomic E-state index is -4.03. The Balaban J connectivity index is 0.000000430. The van der Waals surface area contributed by atoms with E-state index in [1.54, 1.807) is 0 Å². The second-order valence-electron chi connectivity index (χ2n) is 12.9. The molecule has 0 aliphatic rings. The molecule has 0 N–H and O–H groups in total. The van der Waals surface area contributed by atoms with Gasteiger partial charge in [-0.05, 0) is 74.8 Å². The van der Waals surface area contributed by atoms with Gasteiger partial charge in [-0.3, -0.25) is 0 Å². The van der Waals surface area contributed by atoms with Crippen LogP contribution < -0.4 is 5.19 Å². The summed E-state index contributed by atoms with van der Waals surface area (Å²) in [7, 11) is -1.67. The van der Waals surface area contributed by atoms with Gasteiger partial charge in [-0.2, -0.15) is 11.3 Å². The smallest absolute Gasteiger partial charge is 0.114 e. The van der Waals surface area contributed by atoms with Crippen molar-refractivity contribution in [2.75, 3.05) is 0 Å². The maximum absolute atomic E-state index is 8.59. The molecular weight excluding hydrogens is 823 g/mol. The van der Waals surface area contributed by atoms with Crippen LogP contribution in [0.5, 0.6) is 0 Å². The Bertz CT molecular complexity index is 2890. The number of thiophene rings is 1. The Morgan fingerprint density at radius 1 is 0.880 bits per heavy atom. The first-order chi connectivity index (χ1) is 32.8. The fourth-order valence-corrected chi connectivity index (χ4v) is 7.76. The van der Waals surface area contributed by atoms with E-state index in [0.717, 1.165) is 57.7 Å². The van der Waals surface area contributed by atoms with Gasteiger partial charge in [-0.25, -0.2) is 4.98 Å². The van der Waals surface area contributed by atoms with Crippen LogP contribution in [0.1, 0.15) is 117 Å². The molecule has 0 saturated heterocycles. The third-order valence-electron chi connectivity index (χ3n) is 7.65. The van der Waals surface area contributed by atoms with E-state index in [4.69, 9.17) is 32.9 Å². The van der Waals surface area contributed by atoms with E-state index in [-0.39, 0.29) is 46.8 Å². The Hall–Kier alpha value is -3.02. The van der Waals surface area contributed by atoms with E-state index in [1.807, 2.05) is 50.4 Å². The van der Waals surface area contributed by atoms with Crippen molar-refractivity contribution in [3.8, 4) is 22.5 Å². The molecule has 0 bridgehead atoms. The zero-order valence-corrected chi connectivity index (χ0v) is 32.4. The number of pyridine rings is 3. The molecule has 1 radical (unpaired) electrons. The van der Waals surface area contributed by atoms with Gasteiger partial charge in [0.05, 0.1) is 8.07 Å². The number of nitrogens with zero attached hydrogens (tertiary/aromatic N) is 3. The van der Waals surface area contributed by atoms with Gasteiger partial charge in [-0.15, -0.1) is 59.7 Å². The normalized spacial score (nSPS) is 21.6. The number of hydrogen-bond acceptors (Lipinski definition) is 4. The molecule has 0 unspecified atom stereocenters. The second-order valence-corrected chi connectivity index (χ2v) is 18.9. The van der Waals surface area contributed by atoms with Crippen molar-refractivity contribution in [2.24, 2.45) is 5.92 Å². The van der Waals surface area contributed by atoms with Gasteiger partial charge < -0.3 is 9.97 Å². The van der Waals surface area contributed by atoms with Crippen molar-refractivity contribution >= 4 is 44.9 Å². The molecule has 0 amide bonds. The van der Waals surface area contributed by atoms with Gasteiger partial charge in [0.1, 0.15) is 4.83 Å². The van der Waals surface area contributed by atoms with Gasteiger partial charge in [-0.1, -0.05) is 104 Å². The number of aromatic nitrogens is 3. The Morgan fingerprint density at radius 2 is 1.68 bits per heavy atom. The Labute approximate surface area is 353 Å². The molecule has 0 fully saturated rings. The summed E-state index contributed by atoms with van der Waals surface area (Å²) in [6.07, 6.45) is -6.61. The minimum absolute atomic E-state index is 0. The van der Waals surface area contributed by atoms with Gasteiger partial charge >= 0.3 is 0 Å². The van der Waals surface area contributed by atoms with Crippen molar-refractivity contribution in [1.29, 1.82) is 0 Å². The van der Waals surface area contributed by atoms with Crippen molar-refractivity contribution in [2.45, 2.75) is 105 Å². The third kappa shape index (κ3) is 8.88. The van der Waals surface area contributed by atoms with E-state index in [0.29, 0.717) is 10.8 Å². The Kier molecular flexibility index (Phi) is 5.85. The Morgan fingerprint density at radius 3 is 2.34 bits per heavy atom.